The van der Waals surface area contributed by atoms with Crippen LogP contribution in [0.25, 0.3) is 11.0 Å². The van der Waals surface area contributed by atoms with Gasteiger partial charge in [-0.05, 0) is 36.4 Å². The summed E-state index contributed by atoms with van der Waals surface area (Å²) in [6, 6.07) is 21.0. The van der Waals surface area contributed by atoms with Crippen molar-refractivity contribution < 1.29 is 18.8 Å². The number of carbonyl (C=O) groups excluding carboxylic acids is 1. The summed E-state index contributed by atoms with van der Waals surface area (Å²) in [6.07, 6.45) is 1.96. The number of aromatic nitrogens is 2. The van der Waals surface area contributed by atoms with Crippen LogP contribution in [0.4, 0.5) is 0 Å². The zero-order valence-electron chi connectivity index (χ0n) is 16.8. The first-order valence-electron chi connectivity index (χ1n) is 9.56. The molecule has 3 aromatic carbocycles. The van der Waals surface area contributed by atoms with Crippen LogP contribution in [-0.4, -0.2) is 24.6 Å². The first kappa shape index (κ1) is 20.0. The molecule has 4 rings (SSSR count). The van der Waals surface area contributed by atoms with Gasteiger partial charge in [-0.3, -0.25) is 4.79 Å². The molecule has 0 unspecified atom stereocenters. The van der Waals surface area contributed by atoms with Gasteiger partial charge in [0, 0.05) is 16.1 Å². The van der Waals surface area contributed by atoms with Crippen LogP contribution >= 0.6 is 11.6 Å². The van der Waals surface area contributed by atoms with Crippen LogP contribution in [0.1, 0.15) is 15.9 Å². The van der Waals surface area contributed by atoms with E-state index in [9.17, 15) is 4.79 Å². The molecule has 152 valence electrons. The van der Waals surface area contributed by atoms with Gasteiger partial charge in [0.15, 0.2) is 29.1 Å². The molecule has 0 fully saturated rings. The lowest BCUT2D eigenvalue weighted by Crippen LogP contribution is -2.33. The van der Waals surface area contributed by atoms with Crippen molar-refractivity contribution in [3.05, 3.63) is 89.2 Å². The van der Waals surface area contributed by atoms with E-state index < -0.39 is 0 Å². The number of ketones is 1. The second-order valence-electron chi connectivity index (χ2n) is 6.94. The zero-order chi connectivity index (χ0) is 21.1. The van der Waals surface area contributed by atoms with E-state index >= 15 is 0 Å². The van der Waals surface area contributed by atoms with Gasteiger partial charge in [-0.15, -0.1) is 0 Å². The molecule has 0 radical (unpaired) electrons. The molecule has 0 atom stereocenters. The lowest BCUT2D eigenvalue weighted by molar-refractivity contribution is -0.663. The van der Waals surface area contributed by atoms with E-state index in [0.717, 1.165) is 21.6 Å². The Hall–Kier alpha value is -3.31. The van der Waals surface area contributed by atoms with Gasteiger partial charge in [0.2, 0.25) is 12.1 Å². The van der Waals surface area contributed by atoms with Crippen LogP contribution in [0, 0.1) is 0 Å². The van der Waals surface area contributed by atoms with Crippen molar-refractivity contribution in [3.8, 4) is 11.5 Å². The van der Waals surface area contributed by atoms with Gasteiger partial charge in [0.25, 0.3) is 0 Å². The topological polar surface area (TPSA) is 44.3 Å². The lowest BCUT2D eigenvalue weighted by atomic mass is 10.1. The van der Waals surface area contributed by atoms with E-state index in [2.05, 4.69) is 4.57 Å². The average molecular weight is 422 g/mol. The summed E-state index contributed by atoms with van der Waals surface area (Å²) >= 11 is 6.35. The van der Waals surface area contributed by atoms with Crippen molar-refractivity contribution >= 4 is 28.4 Å². The van der Waals surface area contributed by atoms with Crippen molar-refractivity contribution in [2.75, 3.05) is 14.2 Å². The van der Waals surface area contributed by atoms with Gasteiger partial charge in [-0.25, -0.2) is 9.13 Å². The summed E-state index contributed by atoms with van der Waals surface area (Å²) in [5, 5.41) is 0.725. The van der Waals surface area contributed by atoms with Crippen molar-refractivity contribution in [2.24, 2.45) is 0 Å². The highest BCUT2D eigenvalue weighted by Gasteiger charge is 2.20. The smallest absolute Gasteiger partial charge is 0.245 e. The molecule has 6 heteroatoms. The van der Waals surface area contributed by atoms with Crippen LogP contribution in [0.15, 0.2) is 73.1 Å². The molecule has 0 amide bonds. The number of imidazole rings is 1. The fraction of sp³-hybridized carbons (Fsp3) is 0.167. The van der Waals surface area contributed by atoms with Crippen LogP contribution in [0.3, 0.4) is 0 Å². The molecule has 0 aliphatic heterocycles. The standard InChI is InChI=1S/C24H22ClN2O3/c1-29-23-12-11-17(13-24(23)30-2)22(28)15-27-16-26(20-9-5-6-10-21(20)27)14-18-7-3-4-8-19(18)25/h3-13,16H,14-15H2,1-2H3/q+1. The molecule has 0 aliphatic rings. The van der Waals surface area contributed by atoms with Crippen molar-refractivity contribution in [1.29, 1.82) is 0 Å². The first-order valence-corrected chi connectivity index (χ1v) is 9.94. The SMILES string of the molecule is COc1ccc(C(=O)Cn2c[n+](Cc3ccccc3Cl)c3ccccc32)cc1OC. The fourth-order valence-corrected chi connectivity index (χ4v) is 3.76. The Morgan fingerprint density at radius 1 is 0.967 bits per heavy atom. The molecule has 0 saturated heterocycles. The Bertz CT molecular complexity index is 1220. The predicted octanol–water partition coefficient (Wildman–Crippen LogP) is 4.53. The summed E-state index contributed by atoms with van der Waals surface area (Å²) in [5.74, 6) is 1.12. The van der Waals surface area contributed by atoms with E-state index in [0.29, 0.717) is 23.6 Å². The third-order valence-electron chi connectivity index (χ3n) is 5.10. The number of hydrogen-bond acceptors (Lipinski definition) is 3. The molecule has 5 nitrogen and oxygen atoms in total. The van der Waals surface area contributed by atoms with E-state index in [4.69, 9.17) is 21.1 Å². The number of ether oxygens (including phenoxy) is 2. The maximum atomic E-state index is 13.0. The molecule has 1 heterocycles. The molecule has 1 aromatic heterocycles. The van der Waals surface area contributed by atoms with Crippen LogP contribution in [-0.2, 0) is 13.1 Å². The Morgan fingerprint density at radius 2 is 1.70 bits per heavy atom. The largest absolute Gasteiger partial charge is 0.493 e. The highest BCUT2D eigenvalue weighted by atomic mass is 35.5. The minimum absolute atomic E-state index is 0.0124. The molecule has 0 N–H and O–H groups in total. The molecule has 0 spiro atoms. The number of methoxy groups -OCH3 is 2. The molecular weight excluding hydrogens is 400 g/mol. The number of para-hydroxylation sites is 2. The molecular formula is C24H22ClN2O3+. The highest BCUT2D eigenvalue weighted by Crippen LogP contribution is 2.28. The minimum atomic E-state index is -0.0124. The molecule has 0 saturated carbocycles. The second kappa shape index (κ2) is 8.59. The van der Waals surface area contributed by atoms with Crippen LogP contribution < -0.4 is 14.0 Å². The van der Waals surface area contributed by atoms with Crippen molar-refractivity contribution in [2.45, 2.75) is 13.1 Å². The maximum Gasteiger partial charge on any atom is 0.245 e. The monoisotopic (exact) mass is 421 g/mol. The number of fused-ring (bicyclic) bond motifs is 1. The van der Waals surface area contributed by atoms with Crippen molar-refractivity contribution in [1.82, 2.24) is 4.57 Å². The van der Waals surface area contributed by atoms with Gasteiger partial charge in [0.05, 0.1) is 14.2 Å². The normalized spacial score (nSPS) is 10.9. The Morgan fingerprint density at radius 3 is 2.47 bits per heavy atom. The van der Waals surface area contributed by atoms with E-state index in [1.807, 2.05) is 59.4 Å². The Kier molecular flexibility index (Phi) is 5.72. The number of rotatable bonds is 7. The summed E-state index contributed by atoms with van der Waals surface area (Å²) < 4.78 is 14.7. The number of benzene rings is 3. The fourth-order valence-electron chi connectivity index (χ4n) is 3.56. The quantitative estimate of drug-likeness (QED) is 0.325. The highest BCUT2D eigenvalue weighted by molar-refractivity contribution is 6.31. The van der Waals surface area contributed by atoms with Crippen LogP contribution in [0.5, 0.6) is 11.5 Å². The summed E-state index contributed by atoms with van der Waals surface area (Å²) in [6.45, 7) is 0.837. The Balaban J connectivity index is 1.66. The molecule has 0 aliphatic carbocycles. The van der Waals surface area contributed by atoms with Gasteiger partial charge < -0.3 is 9.47 Å². The number of halogens is 1. The first-order chi connectivity index (χ1) is 14.6. The predicted molar refractivity (Wildman–Crippen MR) is 117 cm³/mol. The zero-order valence-corrected chi connectivity index (χ0v) is 17.6. The van der Waals surface area contributed by atoms with Gasteiger partial charge >= 0.3 is 0 Å². The van der Waals surface area contributed by atoms with E-state index in [1.54, 1.807) is 32.4 Å². The molecule has 0 bridgehead atoms. The summed E-state index contributed by atoms with van der Waals surface area (Å²) in [7, 11) is 3.13. The number of nitrogens with zero attached hydrogens (tertiary/aromatic N) is 2. The number of hydrogen-bond donors (Lipinski definition) is 0. The Labute approximate surface area is 180 Å². The number of carbonyl (C=O) groups is 1. The van der Waals surface area contributed by atoms with Gasteiger partial charge in [-0.1, -0.05) is 41.9 Å². The van der Waals surface area contributed by atoms with Gasteiger partial charge in [0.1, 0.15) is 6.54 Å². The molecule has 30 heavy (non-hydrogen) atoms. The summed E-state index contributed by atoms with van der Waals surface area (Å²) in [4.78, 5) is 13.0. The third-order valence-corrected chi connectivity index (χ3v) is 5.47. The molecule has 4 aromatic rings. The van der Waals surface area contributed by atoms with Crippen LogP contribution in [0.2, 0.25) is 5.02 Å². The van der Waals surface area contributed by atoms with Gasteiger partial charge in [-0.2, -0.15) is 0 Å². The van der Waals surface area contributed by atoms with E-state index in [-0.39, 0.29) is 12.3 Å². The summed E-state index contributed by atoms with van der Waals surface area (Å²) in [5.41, 5.74) is 3.62. The van der Waals surface area contributed by atoms with E-state index in [1.165, 1.54) is 0 Å². The van der Waals surface area contributed by atoms with Crippen molar-refractivity contribution in [3.63, 3.8) is 0 Å². The maximum absolute atomic E-state index is 13.0. The average Bonchev–Trinajstić information content (AvgIpc) is 3.12. The minimum Gasteiger partial charge on any atom is -0.493 e. The third kappa shape index (κ3) is 3.89. The number of Topliss-reactive ketones (excluding diaryl/α,β-unsaturated/α-hetero) is 1. The second-order valence-corrected chi connectivity index (χ2v) is 7.35. The lowest BCUT2D eigenvalue weighted by Gasteiger charge is -2.08.